The van der Waals surface area contributed by atoms with Gasteiger partial charge in [0.2, 0.25) is 5.16 Å². The molecule has 0 saturated carbocycles. The van der Waals surface area contributed by atoms with E-state index < -0.39 is 0 Å². The number of nitriles is 1. The van der Waals surface area contributed by atoms with Gasteiger partial charge in [-0.2, -0.15) is 5.26 Å². The van der Waals surface area contributed by atoms with Crippen LogP contribution in [0.25, 0.3) is 22.1 Å². The molecule has 0 aliphatic rings. The molecule has 0 fully saturated rings. The maximum absolute atomic E-state index is 8.58. The first-order valence-electron chi connectivity index (χ1n) is 6.35. The molecule has 1 N–H and O–H groups in total. The molecule has 6 heteroatoms. The molecule has 2 aromatic heterocycles. The molecule has 0 unspecified atom stereocenters. The molecule has 0 saturated heterocycles. The van der Waals surface area contributed by atoms with E-state index >= 15 is 0 Å². The number of nitrogens with zero attached hydrogens (tertiary/aromatic N) is 4. The summed E-state index contributed by atoms with van der Waals surface area (Å²) in [6, 6.07) is 8.36. The van der Waals surface area contributed by atoms with E-state index in [9.17, 15) is 0 Å². The fourth-order valence-corrected chi connectivity index (χ4v) is 2.54. The number of aromatic amines is 1. The fraction of sp³-hybridized carbons (Fsp3) is 0.286. The highest BCUT2D eigenvalue weighted by Gasteiger charge is 2.11. The normalized spacial score (nSPS) is 11.3. The van der Waals surface area contributed by atoms with E-state index in [1.807, 2.05) is 0 Å². The van der Waals surface area contributed by atoms with Crippen molar-refractivity contribution in [3.63, 3.8) is 0 Å². The van der Waals surface area contributed by atoms with E-state index in [0.717, 1.165) is 22.1 Å². The van der Waals surface area contributed by atoms with Gasteiger partial charge in [-0.25, -0.2) is 4.98 Å². The topological polar surface area (TPSA) is 78.2 Å². The average molecular weight is 283 g/mol. The van der Waals surface area contributed by atoms with Crippen LogP contribution in [0.4, 0.5) is 0 Å². The van der Waals surface area contributed by atoms with Gasteiger partial charge in [0.15, 0.2) is 5.65 Å². The van der Waals surface area contributed by atoms with Crippen molar-refractivity contribution in [3.8, 4) is 6.07 Å². The number of rotatable bonds is 3. The Hall–Kier alpha value is -2.13. The number of thioether (sulfide) groups is 1. The molecule has 0 bridgehead atoms. The van der Waals surface area contributed by atoms with Crippen molar-refractivity contribution in [3.05, 3.63) is 23.8 Å². The highest BCUT2D eigenvalue weighted by molar-refractivity contribution is 7.99. The third-order valence-electron chi connectivity index (χ3n) is 3.15. The Morgan fingerprint density at radius 1 is 1.35 bits per heavy atom. The van der Waals surface area contributed by atoms with Gasteiger partial charge < -0.3 is 4.98 Å². The zero-order valence-electron chi connectivity index (χ0n) is 11.2. The molecule has 0 spiro atoms. The summed E-state index contributed by atoms with van der Waals surface area (Å²) in [7, 11) is 0. The van der Waals surface area contributed by atoms with E-state index in [4.69, 9.17) is 5.26 Å². The van der Waals surface area contributed by atoms with Crippen LogP contribution in [-0.4, -0.2) is 25.9 Å². The van der Waals surface area contributed by atoms with Gasteiger partial charge in [0.25, 0.3) is 0 Å². The van der Waals surface area contributed by atoms with Crippen molar-refractivity contribution in [2.45, 2.75) is 24.9 Å². The molecule has 100 valence electrons. The summed E-state index contributed by atoms with van der Waals surface area (Å²) in [4.78, 5) is 7.66. The lowest BCUT2D eigenvalue weighted by molar-refractivity contribution is 0.868. The number of H-pyrrole nitrogens is 1. The standard InChI is InChI=1S/C14H13N5S/c1-8(2)9-3-4-11-10(7-9)12-13(16-11)17-14(19-18-12)20-6-5-15/h3-4,7-8H,6H2,1-2H3,(H,16,17,19). The first kappa shape index (κ1) is 12.9. The number of hydrogen-bond acceptors (Lipinski definition) is 5. The van der Waals surface area contributed by atoms with Crippen LogP contribution in [0, 0.1) is 11.3 Å². The van der Waals surface area contributed by atoms with Crippen LogP contribution in [0.1, 0.15) is 25.3 Å². The molecule has 1 aromatic carbocycles. The second-order valence-electron chi connectivity index (χ2n) is 4.82. The minimum Gasteiger partial charge on any atom is -0.338 e. The summed E-state index contributed by atoms with van der Waals surface area (Å²) in [5.41, 5.74) is 3.77. The van der Waals surface area contributed by atoms with Gasteiger partial charge in [-0.1, -0.05) is 31.7 Å². The number of aromatic nitrogens is 4. The third kappa shape index (κ3) is 2.21. The Labute approximate surface area is 120 Å². The van der Waals surface area contributed by atoms with Crippen molar-refractivity contribution in [2.24, 2.45) is 0 Å². The molecule has 0 atom stereocenters. The van der Waals surface area contributed by atoms with Gasteiger partial charge >= 0.3 is 0 Å². The summed E-state index contributed by atoms with van der Waals surface area (Å²) in [6.45, 7) is 4.33. The summed E-state index contributed by atoms with van der Waals surface area (Å²) in [5, 5.41) is 18.5. The third-order valence-corrected chi connectivity index (χ3v) is 3.86. The van der Waals surface area contributed by atoms with Crippen LogP contribution in [0.3, 0.4) is 0 Å². The van der Waals surface area contributed by atoms with Crippen molar-refractivity contribution >= 4 is 33.8 Å². The minimum absolute atomic E-state index is 0.324. The van der Waals surface area contributed by atoms with Crippen LogP contribution in [0.2, 0.25) is 0 Å². The number of fused-ring (bicyclic) bond motifs is 3. The summed E-state index contributed by atoms with van der Waals surface area (Å²) in [5.74, 6) is 0.793. The Bertz CT molecular complexity index is 815. The first-order chi connectivity index (χ1) is 9.69. The van der Waals surface area contributed by atoms with Gasteiger partial charge in [0.05, 0.1) is 11.8 Å². The summed E-state index contributed by atoms with van der Waals surface area (Å²) in [6.07, 6.45) is 0. The summed E-state index contributed by atoms with van der Waals surface area (Å²) >= 11 is 1.29. The highest BCUT2D eigenvalue weighted by atomic mass is 32.2. The molecular formula is C14H13N5S. The van der Waals surface area contributed by atoms with Gasteiger partial charge in [-0.05, 0) is 23.6 Å². The van der Waals surface area contributed by atoms with Gasteiger partial charge in [-0.3, -0.25) is 0 Å². The molecule has 3 rings (SSSR count). The lowest BCUT2D eigenvalue weighted by Gasteiger charge is -2.04. The Morgan fingerprint density at radius 3 is 2.95 bits per heavy atom. The monoisotopic (exact) mass is 283 g/mol. The smallest absolute Gasteiger partial charge is 0.212 e. The number of benzene rings is 1. The SMILES string of the molecule is CC(C)c1ccc2[nH]c3nc(SCC#N)nnc3c2c1. The molecule has 3 aromatic rings. The van der Waals surface area contributed by atoms with E-state index in [-0.39, 0.29) is 0 Å². The lowest BCUT2D eigenvalue weighted by Crippen LogP contribution is -1.91. The fourth-order valence-electron chi connectivity index (χ4n) is 2.09. The maximum atomic E-state index is 8.58. The molecule has 0 aliphatic heterocycles. The van der Waals surface area contributed by atoms with Crippen LogP contribution in [0.5, 0.6) is 0 Å². The van der Waals surface area contributed by atoms with Crippen LogP contribution >= 0.6 is 11.8 Å². The van der Waals surface area contributed by atoms with Crippen molar-refractivity contribution in [1.29, 1.82) is 5.26 Å². The second kappa shape index (κ2) is 5.10. The van der Waals surface area contributed by atoms with Crippen LogP contribution in [-0.2, 0) is 0 Å². The van der Waals surface area contributed by atoms with E-state index in [1.54, 1.807) is 0 Å². The van der Waals surface area contributed by atoms with Crippen LogP contribution in [0.15, 0.2) is 23.4 Å². The molecule has 5 nitrogen and oxygen atoms in total. The number of nitrogens with one attached hydrogen (secondary N) is 1. The minimum atomic E-state index is 0.324. The van der Waals surface area contributed by atoms with E-state index in [0.29, 0.717) is 16.8 Å². The van der Waals surface area contributed by atoms with Crippen molar-refractivity contribution < 1.29 is 0 Å². The van der Waals surface area contributed by atoms with Gasteiger partial charge in [-0.15, -0.1) is 10.2 Å². The zero-order chi connectivity index (χ0) is 14.1. The largest absolute Gasteiger partial charge is 0.338 e. The van der Waals surface area contributed by atoms with E-state index in [2.05, 4.69) is 58.3 Å². The predicted molar refractivity (Wildman–Crippen MR) is 79.6 cm³/mol. The Balaban J connectivity index is 2.14. The average Bonchev–Trinajstić information content (AvgIpc) is 2.81. The van der Waals surface area contributed by atoms with E-state index in [1.165, 1.54) is 17.3 Å². The quantitative estimate of drug-likeness (QED) is 0.746. The lowest BCUT2D eigenvalue weighted by atomic mass is 10.0. The molecule has 2 heterocycles. The zero-order valence-corrected chi connectivity index (χ0v) is 12.0. The van der Waals surface area contributed by atoms with Gasteiger partial charge in [0, 0.05) is 10.9 Å². The second-order valence-corrected chi connectivity index (χ2v) is 5.77. The molecule has 0 radical (unpaired) electrons. The first-order valence-corrected chi connectivity index (χ1v) is 7.33. The Kier molecular flexibility index (Phi) is 3.28. The predicted octanol–water partition coefficient (Wildman–Crippen LogP) is 3.25. The maximum Gasteiger partial charge on any atom is 0.212 e. The Morgan fingerprint density at radius 2 is 2.20 bits per heavy atom. The molecule has 20 heavy (non-hydrogen) atoms. The summed E-state index contributed by atoms with van der Waals surface area (Å²) < 4.78 is 0. The molecular weight excluding hydrogens is 270 g/mol. The van der Waals surface area contributed by atoms with Gasteiger partial charge in [0.1, 0.15) is 5.52 Å². The molecule has 0 amide bonds. The van der Waals surface area contributed by atoms with Crippen molar-refractivity contribution in [1.82, 2.24) is 20.2 Å². The molecule has 0 aliphatic carbocycles. The highest BCUT2D eigenvalue weighted by Crippen LogP contribution is 2.26. The number of hydrogen-bond donors (Lipinski definition) is 1. The van der Waals surface area contributed by atoms with Crippen LogP contribution < -0.4 is 0 Å². The van der Waals surface area contributed by atoms with Crippen molar-refractivity contribution in [2.75, 3.05) is 5.75 Å².